The number of rotatable bonds is 7. The second kappa shape index (κ2) is 9.91. The number of ether oxygens (including phenoxy) is 1. The molecule has 7 heteroatoms. The number of carbonyl (C=O) groups excluding carboxylic acids is 2. The molecule has 2 aromatic rings. The molecule has 0 aliphatic carbocycles. The molecule has 2 amide bonds. The summed E-state index contributed by atoms with van der Waals surface area (Å²) in [5, 5.41) is 2.91. The van der Waals surface area contributed by atoms with Gasteiger partial charge in [-0.3, -0.25) is 14.5 Å². The molecule has 1 fully saturated rings. The van der Waals surface area contributed by atoms with Gasteiger partial charge in [0.05, 0.1) is 4.91 Å². The number of carbonyl (C=O) groups is 2. The van der Waals surface area contributed by atoms with Crippen molar-refractivity contribution in [3.63, 3.8) is 0 Å². The van der Waals surface area contributed by atoms with Crippen LogP contribution in [-0.4, -0.2) is 34.2 Å². The van der Waals surface area contributed by atoms with Crippen molar-refractivity contribution in [2.45, 2.75) is 26.7 Å². The number of thiocarbonyl (C=S) groups is 1. The van der Waals surface area contributed by atoms with Gasteiger partial charge in [0.1, 0.15) is 10.1 Å². The second-order valence-electron chi connectivity index (χ2n) is 7.07. The predicted octanol–water partition coefficient (Wildman–Crippen LogP) is 5.05. The van der Waals surface area contributed by atoms with Gasteiger partial charge in [-0.25, -0.2) is 0 Å². The fourth-order valence-electron chi connectivity index (χ4n) is 3.03. The summed E-state index contributed by atoms with van der Waals surface area (Å²) < 4.78 is 6.19. The molecule has 0 unspecified atom stereocenters. The lowest BCUT2D eigenvalue weighted by atomic mass is 10.0. The maximum atomic E-state index is 12.3. The van der Waals surface area contributed by atoms with Crippen molar-refractivity contribution in [3.8, 4) is 5.75 Å². The quantitative estimate of drug-likeness (QED) is 0.482. The summed E-state index contributed by atoms with van der Waals surface area (Å²) in [6, 6.07) is 15.0. The fraction of sp³-hybridized carbons (Fsp3) is 0.261. The molecule has 0 bridgehead atoms. The minimum Gasteiger partial charge on any atom is -0.484 e. The summed E-state index contributed by atoms with van der Waals surface area (Å²) in [5.41, 5.74) is 2.76. The minimum absolute atomic E-state index is 0.0637. The first-order valence-electron chi connectivity index (χ1n) is 9.76. The zero-order valence-corrected chi connectivity index (χ0v) is 18.8. The maximum absolute atomic E-state index is 12.3. The molecule has 1 aliphatic heterocycles. The molecule has 5 nitrogen and oxygen atoms in total. The van der Waals surface area contributed by atoms with E-state index in [4.69, 9.17) is 17.0 Å². The highest BCUT2D eigenvalue weighted by Crippen LogP contribution is 2.32. The van der Waals surface area contributed by atoms with E-state index in [1.165, 1.54) is 11.8 Å². The molecule has 3 rings (SSSR count). The van der Waals surface area contributed by atoms with Gasteiger partial charge in [-0.15, -0.1) is 0 Å². The number of nitrogens with one attached hydrogen (secondary N) is 1. The van der Waals surface area contributed by atoms with Crippen LogP contribution >= 0.6 is 24.0 Å². The van der Waals surface area contributed by atoms with Crippen LogP contribution in [0.25, 0.3) is 6.08 Å². The lowest BCUT2D eigenvalue weighted by molar-refractivity contribution is -0.122. The van der Waals surface area contributed by atoms with Gasteiger partial charge in [0.2, 0.25) is 0 Å². The second-order valence-corrected chi connectivity index (χ2v) is 8.75. The number of hydrogen-bond acceptors (Lipinski definition) is 5. The van der Waals surface area contributed by atoms with Crippen molar-refractivity contribution in [3.05, 3.63) is 64.6 Å². The number of thioether (sulfide) groups is 1. The van der Waals surface area contributed by atoms with E-state index in [0.717, 1.165) is 16.8 Å². The molecule has 156 valence electrons. The summed E-state index contributed by atoms with van der Waals surface area (Å²) >= 11 is 6.54. The predicted molar refractivity (Wildman–Crippen MR) is 127 cm³/mol. The number of para-hydroxylation sites is 1. The molecule has 0 atom stereocenters. The Labute approximate surface area is 186 Å². The molecule has 1 N–H and O–H groups in total. The van der Waals surface area contributed by atoms with Crippen molar-refractivity contribution in [2.75, 3.05) is 18.5 Å². The molecule has 30 heavy (non-hydrogen) atoms. The van der Waals surface area contributed by atoms with Gasteiger partial charge in [-0.05, 0) is 48.2 Å². The molecule has 1 aliphatic rings. The van der Waals surface area contributed by atoms with Crippen LogP contribution in [0.2, 0.25) is 0 Å². The van der Waals surface area contributed by atoms with E-state index >= 15 is 0 Å². The van der Waals surface area contributed by atoms with E-state index in [9.17, 15) is 9.59 Å². The van der Waals surface area contributed by atoms with Gasteiger partial charge in [0, 0.05) is 12.2 Å². The highest BCUT2D eigenvalue weighted by atomic mass is 32.2. The van der Waals surface area contributed by atoms with Gasteiger partial charge >= 0.3 is 0 Å². The topological polar surface area (TPSA) is 58.6 Å². The average Bonchev–Trinajstić information content (AvgIpc) is 3.00. The van der Waals surface area contributed by atoms with E-state index in [0.29, 0.717) is 27.4 Å². The van der Waals surface area contributed by atoms with Crippen molar-refractivity contribution >= 4 is 51.9 Å². The third-order valence-electron chi connectivity index (χ3n) is 4.59. The Morgan fingerprint density at radius 3 is 2.53 bits per heavy atom. The maximum Gasteiger partial charge on any atom is 0.266 e. The SMILES string of the molecule is CCN1C(=O)/C(=C/c2ccc(OCC(=O)Nc3ccccc3C(C)C)cc2)SC1=S. The summed E-state index contributed by atoms with van der Waals surface area (Å²) in [4.78, 5) is 26.8. The first-order valence-corrected chi connectivity index (χ1v) is 11.0. The lowest BCUT2D eigenvalue weighted by Crippen LogP contribution is -2.27. The standard InChI is InChI=1S/C23H24N2O3S2/c1-4-25-22(27)20(30-23(25)29)13-16-9-11-17(12-10-16)28-14-21(26)24-19-8-6-5-7-18(19)15(2)3/h5-13,15H,4,14H2,1-3H3,(H,24,26)/b20-13-. The minimum atomic E-state index is -0.213. The highest BCUT2D eigenvalue weighted by Gasteiger charge is 2.30. The van der Waals surface area contributed by atoms with E-state index in [2.05, 4.69) is 19.2 Å². The molecule has 1 saturated heterocycles. The Morgan fingerprint density at radius 1 is 1.20 bits per heavy atom. The Morgan fingerprint density at radius 2 is 1.90 bits per heavy atom. The third kappa shape index (κ3) is 5.29. The van der Waals surface area contributed by atoms with E-state index < -0.39 is 0 Å². The monoisotopic (exact) mass is 440 g/mol. The van der Waals surface area contributed by atoms with E-state index in [1.807, 2.05) is 49.4 Å². The first kappa shape index (κ1) is 22.1. The molecule has 1 heterocycles. The molecular formula is C23H24N2O3S2. The smallest absolute Gasteiger partial charge is 0.266 e. The number of hydrogen-bond donors (Lipinski definition) is 1. The van der Waals surface area contributed by atoms with Gasteiger partial charge in [0.15, 0.2) is 6.61 Å². The molecule has 0 aromatic heterocycles. The first-order chi connectivity index (χ1) is 14.4. The summed E-state index contributed by atoms with van der Waals surface area (Å²) in [5.74, 6) is 0.620. The van der Waals surface area contributed by atoms with Crippen molar-refractivity contribution in [1.29, 1.82) is 0 Å². The van der Waals surface area contributed by atoms with Crippen LogP contribution in [0.1, 0.15) is 37.8 Å². The van der Waals surface area contributed by atoms with Gasteiger partial charge < -0.3 is 10.1 Å². The highest BCUT2D eigenvalue weighted by molar-refractivity contribution is 8.26. The van der Waals surface area contributed by atoms with Crippen LogP contribution in [0.15, 0.2) is 53.4 Å². The van der Waals surface area contributed by atoms with Crippen molar-refractivity contribution in [1.82, 2.24) is 4.90 Å². The zero-order chi connectivity index (χ0) is 21.7. The van der Waals surface area contributed by atoms with E-state index in [1.54, 1.807) is 17.0 Å². The van der Waals surface area contributed by atoms with Crippen molar-refractivity contribution in [2.24, 2.45) is 0 Å². The van der Waals surface area contributed by atoms with Crippen LogP contribution in [0.3, 0.4) is 0 Å². The number of anilines is 1. The normalized spacial score (nSPS) is 15.2. The summed E-state index contributed by atoms with van der Waals surface area (Å²) in [7, 11) is 0. The Bertz CT molecular complexity index is 984. The van der Waals surface area contributed by atoms with Crippen LogP contribution in [0.5, 0.6) is 5.75 Å². The van der Waals surface area contributed by atoms with E-state index in [-0.39, 0.29) is 18.4 Å². The fourth-order valence-corrected chi connectivity index (χ4v) is 4.42. The van der Waals surface area contributed by atoms with Crippen LogP contribution in [0.4, 0.5) is 5.69 Å². The zero-order valence-electron chi connectivity index (χ0n) is 17.2. The molecular weight excluding hydrogens is 416 g/mol. The largest absolute Gasteiger partial charge is 0.484 e. The third-order valence-corrected chi connectivity index (χ3v) is 5.97. The summed E-state index contributed by atoms with van der Waals surface area (Å²) in [6.45, 7) is 6.56. The number of likely N-dealkylation sites (N-methyl/N-ethyl adjacent to an activating group) is 1. The summed E-state index contributed by atoms with van der Waals surface area (Å²) in [6.07, 6.45) is 1.81. The molecule has 0 saturated carbocycles. The number of nitrogens with zero attached hydrogens (tertiary/aromatic N) is 1. The van der Waals surface area contributed by atoms with Gasteiger partial charge in [0.25, 0.3) is 11.8 Å². The van der Waals surface area contributed by atoms with Crippen molar-refractivity contribution < 1.29 is 14.3 Å². The average molecular weight is 441 g/mol. The molecule has 0 spiro atoms. The van der Waals surface area contributed by atoms with Crippen LogP contribution in [-0.2, 0) is 9.59 Å². The number of benzene rings is 2. The number of amides is 2. The van der Waals surface area contributed by atoms with Crippen LogP contribution in [0, 0.1) is 0 Å². The van der Waals surface area contributed by atoms with Crippen LogP contribution < -0.4 is 10.1 Å². The Balaban J connectivity index is 1.58. The van der Waals surface area contributed by atoms with Gasteiger partial charge in [-0.2, -0.15) is 0 Å². The molecule has 2 aromatic carbocycles. The lowest BCUT2D eigenvalue weighted by Gasteiger charge is -2.14. The van der Waals surface area contributed by atoms with Gasteiger partial charge in [-0.1, -0.05) is 68.2 Å². The molecule has 0 radical (unpaired) electrons. The Hall–Kier alpha value is -2.64. The Kier molecular flexibility index (Phi) is 7.29.